The van der Waals surface area contributed by atoms with Crippen LogP contribution in [-0.4, -0.2) is 40.2 Å². The monoisotopic (exact) mass is 536 g/mol. The van der Waals surface area contributed by atoms with Crippen molar-refractivity contribution in [2.75, 3.05) is 0 Å². The highest BCUT2D eigenvalue weighted by Crippen LogP contribution is 2.15. The minimum atomic E-state index is -4.16. The highest BCUT2D eigenvalue weighted by atomic mass is 32.2. The summed E-state index contributed by atoms with van der Waals surface area (Å²) in [6, 6.07) is 11.7. The molecule has 2 aromatic carbocycles. The van der Waals surface area contributed by atoms with Crippen molar-refractivity contribution >= 4 is 32.2 Å². The molecule has 0 fully saturated rings. The van der Waals surface area contributed by atoms with Crippen molar-refractivity contribution in [2.45, 2.75) is 62.5 Å². The molecule has 0 saturated heterocycles. The number of sulfonamides is 2. The number of rotatable bonds is 6. The molecule has 0 aliphatic heterocycles. The van der Waals surface area contributed by atoms with Gasteiger partial charge in [0.25, 0.3) is 20.0 Å². The average molecular weight is 537 g/mol. The Kier molecular flexibility index (Phi) is 8.44. The van der Waals surface area contributed by atoms with E-state index in [2.05, 4.69) is 11.8 Å². The maximum atomic E-state index is 12.3. The van der Waals surface area contributed by atoms with Crippen molar-refractivity contribution in [2.24, 2.45) is 0 Å². The van der Waals surface area contributed by atoms with Crippen molar-refractivity contribution in [1.29, 1.82) is 0 Å². The highest BCUT2D eigenvalue weighted by molar-refractivity contribution is 7.90. The Balaban J connectivity index is 2.02. The Hall–Kier alpha value is -3.56. The zero-order valence-corrected chi connectivity index (χ0v) is 22.3. The van der Waals surface area contributed by atoms with Gasteiger partial charge in [-0.1, -0.05) is 47.2 Å². The van der Waals surface area contributed by atoms with Crippen LogP contribution in [-0.2, 0) is 29.5 Å². The van der Waals surface area contributed by atoms with Crippen LogP contribution in [0.1, 0.15) is 38.8 Å². The summed E-state index contributed by atoms with van der Waals surface area (Å²) in [4.78, 5) is 24.1. The van der Waals surface area contributed by atoms with E-state index >= 15 is 0 Å². The minimum absolute atomic E-state index is 0.116. The predicted octanol–water partition coefficient (Wildman–Crippen LogP) is 3.39. The molecule has 0 atom stereocenters. The van der Waals surface area contributed by atoms with E-state index in [1.165, 1.54) is 52.0 Å². The first kappa shape index (κ1) is 28.7. The largest absolute Gasteiger partial charge is 0.430 e. The molecule has 0 bridgehead atoms. The second kappa shape index (κ2) is 10.6. The zero-order valence-electron chi connectivity index (χ0n) is 20.7. The van der Waals surface area contributed by atoms with E-state index in [0.29, 0.717) is 0 Å². The fourth-order valence-electron chi connectivity index (χ4n) is 2.63. The summed E-state index contributed by atoms with van der Waals surface area (Å²) in [5.41, 5.74) is -1.28. The number of aryl methyl sites for hydroxylation is 2. The highest BCUT2D eigenvalue weighted by Gasteiger charge is 2.28. The molecule has 0 aromatic heterocycles. The van der Waals surface area contributed by atoms with Crippen LogP contribution in [0.5, 0.6) is 0 Å². The van der Waals surface area contributed by atoms with Gasteiger partial charge in [-0.2, -0.15) is 0 Å². The van der Waals surface area contributed by atoms with Gasteiger partial charge >= 0.3 is 12.2 Å². The molecule has 2 amide bonds. The van der Waals surface area contributed by atoms with E-state index in [0.717, 1.165) is 11.1 Å². The Morgan fingerprint density at radius 3 is 1.19 bits per heavy atom. The van der Waals surface area contributed by atoms with Gasteiger partial charge < -0.3 is 9.47 Å². The van der Waals surface area contributed by atoms with Crippen LogP contribution in [0.25, 0.3) is 0 Å². The summed E-state index contributed by atoms with van der Waals surface area (Å²) < 4.78 is 63.2. The molecule has 2 aromatic rings. The summed E-state index contributed by atoms with van der Waals surface area (Å²) in [5.74, 6) is 5.17. The van der Waals surface area contributed by atoms with Crippen molar-refractivity contribution < 1.29 is 35.9 Å². The first-order valence-corrected chi connectivity index (χ1v) is 13.6. The first-order valence-electron chi connectivity index (χ1n) is 10.6. The number of nitrogens with one attached hydrogen (secondary N) is 2. The fourth-order valence-corrected chi connectivity index (χ4v) is 4.38. The Morgan fingerprint density at radius 1 is 0.639 bits per heavy atom. The van der Waals surface area contributed by atoms with Crippen LogP contribution in [0, 0.1) is 25.7 Å². The van der Waals surface area contributed by atoms with E-state index in [9.17, 15) is 26.4 Å². The van der Waals surface area contributed by atoms with Gasteiger partial charge in [0, 0.05) is 0 Å². The molecule has 12 heteroatoms. The van der Waals surface area contributed by atoms with Crippen molar-refractivity contribution in [1.82, 2.24) is 9.44 Å². The molecule has 0 saturated carbocycles. The Bertz CT molecular complexity index is 1290. The summed E-state index contributed by atoms with van der Waals surface area (Å²) in [7, 11) is -8.32. The van der Waals surface area contributed by atoms with Crippen LogP contribution in [0.15, 0.2) is 58.3 Å². The number of amides is 2. The standard InChI is InChI=1S/C24H28N2O8S2/c1-17-7-11-19(12-8-17)35(29,30)25-21(27)33-23(3,4)15-16-24(5,6)34-22(28)26-36(31,32)20-13-9-18(2)10-14-20/h7-14H,1-6H3,(H,25,27)(H,26,28). The maximum Gasteiger partial charge on any atom is 0.422 e. The Labute approximate surface area is 211 Å². The second-order valence-corrected chi connectivity index (χ2v) is 12.3. The SMILES string of the molecule is Cc1ccc(S(=O)(=O)NC(=O)OC(C)(C)C#CC(C)(C)OC(=O)NS(=O)(=O)c2ccc(C)cc2)cc1. The lowest BCUT2D eigenvalue weighted by Gasteiger charge is -2.22. The van der Waals surface area contributed by atoms with Crippen LogP contribution in [0.3, 0.4) is 0 Å². The third-order valence-electron chi connectivity index (χ3n) is 4.46. The summed E-state index contributed by atoms with van der Waals surface area (Å²) in [6.45, 7) is 9.17. The third kappa shape index (κ3) is 8.58. The van der Waals surface area contributed by atoms with Gasteiger partial charge in [0.15, 0.2) is 11.2 Å². The minimum Gasteiger partial charge on any atom is -0.430 e. The van der Waals surface area contributed by atoms with Gasteiger partial charge in [0.2, 0.25) is 0 Å². The quantitative estimate of drug-likeness (QED) is 0.535. The summed E-state index contributed by atoms with van der Waals surface area (Å²) in [6.07, 6.45) is -2.51. The molecule has 0 aliphatic carbocycles. The van der Waals surface area contributed by atoms with Gasteiger partial charge in [0.1, 0.15) is 0 Å². The van der Waals surface area contributed by atoms with Gasteiger partial charge in [-0.3, -0.25) is 0 Å². The van der Waals surface area contributed by atoms with Crippen LogP contribution in [0.4, 0.5) is 9.59 Å². The number of benzene rings is 2. The molecule has 2 N–H and O–H groups in total. The second-order valence-electron chi connectivity index (χ2n) is 8.89. The van der Waals surface area contributed by atoms with E-state index in [4.69, 9.17) is 9.47 Å². The topological polar surface area (TPSA) is 145 Å². The third-order valence-corrected chi connectivity index (χ3v) is 7.11. The Morgan fingerprint density at radius 2 is 0.917 bits per heavy atom. The smallest absolute Gasteiger partial charge is 0.422 e. The van der Waals surface area contributed by atoms with E-state index in [1.54, 1.807) is 47.6 Å². The number of carbonyl (C=O) groups excluding carboxylic acids is 2. The maximum absolute atomic E-state index is 12.3. The van der Waals surface area contributed by atoms with Gasteiger partial charge in [-0.05, 0) is 65.8 Å². The number of ether oxygens (including phenoxy) is 2. The number of hydrogen-bond acceptors (Lipinski definition) is 8. The van der Waals surface area contributed by atoms with Gasteiger partial charge in [0.05, 0.1) is 9.79 Å². The molecule has 0 aliphatic rings. The number of carbonyl (C=O) groups is 2. The van der Waals surface area contributed by atoms with Gasteiger partial charge in [-0.15, -0.1) is 0 Å². The van der Waals surface area contributed by atoms with E-state index in [-0.39, 0.29) is 9.79 Å². The lowest BCUT2D eigenvalue weighted by atomic mass is 10.1. The normalized spacial score (nSPS) is 12.1. The molecule has 0 spiro atoms. The van der Waals surface area contributed by atoms with Crippen LogP contribution < -0.4 is 9.44 Å². The predicted molar refractivity (Wildman–Crippen MR) is 132 cm³/mol. The molecule has 2 rings (SSSR count). The molecule has 194 valence electrons. The molecular weight excluding hydrogens is 508 g/mol. The van der Waals surface area contributed by atoms with Gasteiger partial charge in [-0.25, -0.2) is 35.9 Å². The van der Waals surface area contributed by atoms with Crippen molar-refractivity contribution in [3.05, 3.63) is 59.7 Å². The summed E-state index contributed by atoms with van der Waals surface area (Å²) >= 11 is 0. The number of hydrogen-bond donors (Lipinski definition) is 2. The van der Waals surface area contributed by atoms with Crippen LogP contribution in [0.2, 0.25) is 0 Å². The van der Waals surface area contributed by atoms with Crippen molar-refractivity contribution in [3.8, 4) is 11.8 Å². The summed E-state index contributed by atoms with van der Waals surface area (Å²) in [5, 5.41) is 0. The molecule has 0 unspecified atom stereocenters. The average Bonchev–Trinajstić information content (AvgIpc) is 2.71. The van der Waals surface area contributed by atoms with Crippen molar-refractivity contribution in [3.63, 3.8) is 0 Å². The molecular formula is C24H28N2O8S2. The fraction of sp³-hybridized carbons (Fsp3) is 0.333. The lowest BCUT2D eigenvalue weighted by molar-refractivity contribution is 0.0749. The molecule has 10 nitrogen and oxygen atoms in total. The molecule has 0 heterocycles. The first-order chi connectivity index (χ1) is 16.4. The molecule has 36 heavy (non-hydrogen) atoms. The lowest BCUT2D eigenvalue weighted by Crippen LogP contribution is -2.39. The van der Waals surface area contributed by atoms with Crippen LogP contribution >= 0.6 is 0 Å². The van der Waals surface area contributed by atoms with E-state index < -0.39 is 43.4 Å². The molecule has 0 radical (unpaired) electrons. The zero-order chi connectivity index (χ0) is 27.4. The van der Waals surface area contributed by atoms with E-state index in [1.807, 2.05) is 0 Å².